The van der Waals surface area contributed by atoms with Crippen LogP contribution in [0.4, 0.5) is 5.69 Å². The zero-order chi connectivity index (χ0) is 22.2. The number of epoxide rings is 1. The van der Waals surface area contributed by atoms with Crippen molar-refractivity contribution >= 4 is 21.7 Å². The fourth-order valence-electron chi connectivity index (χ4n) is 4.47. The number of aryl methyl sites for hydroxylation is 2. The number of hydrogen-bond acceptors (Lipinski definition) is 5. The monoisotopic (exact) mass is 443 g/mol. The summed E-state index contributed by atoms with van der Waals surface area (Å²) in [5.74, 6) is -0.411. The molecule has 2 aromatic rings. The topological polar surface area (TPSA) is 76.2 Å². The quantitative estimate of drug-likeness (QED) is 0.477. The van der Waals surface area contributed by atoms with Crippen LogP contribution in [0.15, 0.2) is 42.5 Å². The maximum atomic E-state index is 14.1. The summed E-state index contributed by atoms with van der Waals surface area (Å²) in [6, 6.07) is 13.1. The van der Waals surface area contributed by atoms with Gasteiger partial charge in [0.2, 0.25) is 4.93 Å². The summed E-state index contributed by atoms with van der Waals surface area (Å²) in [6.45, 7) is 5.56. The molecule has 2 unspecified atom stereocenters. The maximum absolute atomic E-state index is 14.1. The van der Waals surface area contributed by atoms with Gasteiger partial charge in [-0.05, 0) is 48.4 Å². The Bertz CT molecular complexity index is 1090. The molecule has 31 heavy (non-hydrogen) atoms. The number of fused-ring (bicyclic) bond motifs is 1. The van der Waals surface area contributed by atoms with Crippen LogP contribution >= 0.6 is 0 Å². The van der Waals surface area contributed by atoms with Gasteiger partial charge in [-0.3, -0.25) is 9.10 Å². The molecular weight excluding hydrogens is 414 g/mol. The van der Waals surface area contributed by atoms with Crippen molar-refractivity contribution in [1.29, 1.82) is 0 Å². The van der Waals surface area contributed by atoms with Crippen molar-refractivity contribution in [2.24, 2.45) is 0 Å². The zero-order valence-electron chi connectivity index (χ0n) is 18.3. The molecule has 7 heteroatoms. The fourth-order valence-corrected chi connectivity index (χ4v) is 6.71. The van der Waals surface area contributed by atoms with E-state index in [0.717, 1.165) is 36.9 Å². The molecule has 0 radical (unpaired) electrons. The average Bonchev–Trinajstić information content (AvgIpc) is 3.59. The Morgan fingerprint density at radius 3 is 2.61 bits per heavy atom. The number of carbonyl (C=O) groups excluding carboxylic acids is 1. The largest absolute Gasteiger partial charge is 0.461 e. The number of sulfonamides is 1. The number of esters is 1. The van der Waals surface area contributed by atoms with Crippen LogP contribution in [0, 0.1) is 0 Å². The van der Waals surface area contributed by atoms with E-state index in [0.29, 0.717) is 11.1 Å². The third kappa shape index (κ3) is 3.74. The number of ether oxygens (including phenoxy) is 2. The molecule has 0 aromatic heterocycles. The van der Waals surface area contributed by atoms with Gasteiger partial charge in [0.15, 0.2) is 0 Å². The summed E-state index contributed by atoms with van der Waals surface area (Å²) < 4.78 is 40.8. The summed E-state index contributed by atoms with van der Waals surface area (Å²) >= 11 is 0. The normalized spacial score (nSPS) is 22.7. The van der Waals surface area contributed by atoms with Gasteiger partial charge < -0.3 is 9.47 Å². The standard InChI is InChI=1S/C24H29NO5S/c1-4-18-10-13-23-19(14-18)11-12-21(5-2)25(23)31(27,28)24(16-30-24)22-9-7-6-8-20(22)15-29-17(3)26/h6-10,13-14,21H,4-5,11-12,15-16H2,1-3H3. The molecule has 0 N–H and O–H groups in total. The van der Waals surface area contributed by atoms with Gasteiger partial charge in [-0.2, -0.15) is 0 Å². The lowest BCUT2D eigenvalue weighted by molar-refractivity contribution is -0.142. The molecule has 2 aromatic carbocycles. The van der Waals surface area contributed by atoms with Gasteiger partial charge in [0.1, 0.15) is 6.61 Å². The fraction of sp³-hybridized carbons (Fsp3) is 0.458. The van der Waals surface area contributed by atoms with E-state index < -0.39 is 20.9 Å². The molecule has 2 heterocycles. The van der Waals surface area contributed by atoms with Crippen LogP contribution in [0.2, 0.25) is 0 Å². The molecule has 0 saturated carbocycles. The molecule has 0 amide bonds. The van der Waals surface area contributed by atoms with E-state index in [1.165, 1.54) is 12.5 Å². The molecule has 2 atom stereocenters. The Kier molecular flexibility index (Phi) is 5.83. The second kappa shape index (κ2) is 8.28. The van der Waals surface area contributed by atoms with Crippen LogP contribution in [0.5, 0.6) is 0 Å². The van der Waals surface area contributed by atoms with Gasteiger partial charge in [0.05, 0.1) is 12.3 Å². The first-order chi connectivity index (χ1) is 14.8. The Morgan fingerprint density at radius 2 is 1.97 bits per heavy atom. The van der Waals surface area contributed by atoms with Crippen molar-refractivity contribution in [3.05, 3.63) is 64.7 Å². The number of anilines is 1. The van der Waals surface area contributed by atoms with Crippen molar-refractivity contribution < 1.29 is 22.7 Å². The molecule has 1 saturated heterocycles. The van der Waals surface area contributed by atoms with Gasteiger partial charge in [-0.25, -0.2) is 8.42 Å². The van der Waals surface area contributed by atoms with Crippen LogP contribution in [0.3, 0.4) is 0 Å². The molecule has 0 spiro atoms. The van der Waals surface area contributed by atoms with Crippen LogP contribution in [0.1, 0.15) is 55.9 Å². The molecule has 2 aliphatic rings. The highest BCUT2D eigenvalue weighted by Crippen LogP contribution is 2.50. The molecule has 166 valence electrons. The molecule has 0 aliphatic carbocycles. The van der Waals surface area contributed by atoms with Crippen LogP contribution < -0.4 is 4.31 Å². The predicted molar refractivity (Wildman–Crippen MR) is 119 cm³/mol. The molecule has 0 bridgehead atoms. The number of carbonyl (C=O) groups is 1. The molecule has 1 fully saturated rings. The average molecular weight is 444 g/mol. The number of nitrogens with zero attached hydrogens (tertiary/aromatic N) is 1. The molecule has 4 rings (SSSR count). The maximum Gasteiger partial charge on any atom is 0.302 e. The van der Waals surface area contributed by atoms with Crippen LogP contribution in [-0.2, 0) is 48.7 Å². The van der Waals surface area contributed by atoms with E-state index in [-0.39, 0.29) is 19.3 Å². The van der Waals surface area contributed by atoms with E-state index in [1.54, 1.807) is 22.5 Å². The zero-order valence-corrected chi connectivity index (χ0v) is 19.1. The smallest absolute Gasteiger partial charge is 0.302 e. The van der Waals surface area contributed by atoms with Crippen LogP contribution in [0.25, 0.3) is 0 Å². The summed E-state index contributed by atoms with van der Waals surface area (Å²) in [6.07, 6.45) is 3.28. The van der Waals surface area contributed by atoms with Gasteiger partial charge >= 0.3 is 5.97 Å². The number of hydrogen-bond donors (Lipinski definition) is 0. The minimum absolute atomic E-state index is 0.0137. The van der Waals surface area contributed by atoms with E-state index >= 15 is 0 Å². The Labute approximate surface area is 184 Å². The Balaban J connectivity index is 1.79. The lowest BCUT2D eigenvalue weighted by Gasteiger charge is -2.39. The first-order valence-electron chi connectivity index (χ1n) is 10.9. The van der Waals surface area contributed by atoms with Crippen molar-refractivity contribution in [3.8, 4) is 0 Å². The van der Waals surface area contributed by atoms with Crippen molar-refractivity contribution in [1.82, 2.24) is 0 Å². The van der Waals surface area contributed by atoms with Crippen molar-refractivity contribution in [3.63, 3.8) is 0 Å². The minimum atomic E-state index is -3.89. The van der Waals surface area contributed by atoms with E-state index in [2.05, 4.69) is 13.0 Å². The highest BCUT2D eigenvalue weighted by atomic mass is 32.2. The third-order valence-electron chi connectivity index (χ3n) is 6.28. The highest BCUT2D eigenvalue weighted by Gasteiger charge is 2.63. The first-order valence-corrected chi connectivity index (χ1v) is 12.3. The number of benzene rings is 2. The van der Waals surface area contributed by atoms with Gasteiger partial charge in [0.25, 0.3) is 10.0 Å². The second-order valence-corrected chi connectivity index (χ2v) is 10.2. The van der Waals surface area contributed by atoms with Crippen molar-refractivity contribution in [2.75, 3.05) is 10.9 Å². The summed E-state index contributed by atoms with van der Waals surface area (Å²) in [5.41, 5.74) is 4.21. The Hall–Kier alpha value is -2.38. The van der Waals surface area contributed by atoms with Gasteiger partial charge in [-0.15, -0.1) is 0 Å². The molecule has 6 nitrogen and oxygen atoms in total. The summed E-state index contributed by atoms with van der Waals surface area (Å²) in [4.78, 5) is 9.88. The summed E-state index contributed by atoms with van der Waals surface area (Å²) in [7, 11) is -3.89. The van der Waals surface area contributed by atoms with Crippen LogP contribution in [-0.4, -0.2) is 27.0 Å². The minimum Gasteiger partial charge on any atom is -0.461 e. The highest BCUT2D eigenvalue weighted by molar-refractivity contribution is 7.93. The Morgan fingerprint density at radius 1 is 1.23 bits per heavy atom. The summed E-state index contributed by atoms with van der Waals surface area (Å²) in [5, 5.41) is 0. The molecular formula is C24H29NO5S. The van der Waals surface area contributed by atoms with Gasteiger partial charge in [-0.1, -0.05) is 50.2 Å². The van der Waals surface area contributed by atoms with E-state index in [9.17, 15) is 13.2 Å². The lowest BCUT2D eigenvalue weighted by Crippen LogP contribution is -2.48. The third-order valence-corrected chi connectivity index (χ3v) is 8.58. The van der Waals surface area contributed by atoms with E-state index in [1.807, 2.05) is 25.1 Å². The molecule has 2 aliphatic heterocycles. The SMILES string of the molecule is CCc1ccc2c(c1)CCC(CC)N2S(=O)(=O)C1(c2ccccc2COC(C)=O)CO1. The van der Waals surface area contributed by atoms with Crippen molar-refractivity contribution in [2.45, 2.75) is 64.0 Å². The second-order valence-electron chi connectivity index (χ2n) is 8.20. The van der Waals surface area contributed by atoms with Gasteiger partial charge in [0, 0.05) is 18.5 Å². The first kappa shape index (κ1) is 21.8. The van der Waals surface area contributed by atoms with E-state index in [4.69, 9.17) is 9.47 Å². The predicted octanol–water partition coefficient (Wildman–Crippen LogP) is 4.06. The lowest BCUT2D eigenvalue weighted by atomic mass is 9.94. The number of rotatable bonds is 7.